The van der Waals surface area contributed by atoms with Crippen LogP contribution in [-0.4, -0.2) is 34.1 Å². The molecule has 0 fully saturated rings. The van der Waals surface area contributed by atoms with Gasteiger partial charge in [-0.3, -0.25) is 4.79 Å². The summed E-state index contributed by atoms with van der Waals surface area (Å²) in [5.41, 5.74) is 2.19. The van der Waals surface area contributed by atoms with Crippen LogP contribution in [-0.2, 0) is 22.4 Å². The molecule has 27 heavy (non-hydrogen) atoms. The van der Waals surface area contributed by atoms with Crippen molar-refractivity contribution in [2.24, 2.45) is 0 Å². The minimum atomic E-state index is -1.14. The van der Waals surface area contributed by atoms with E-state index in [1.807, 2.05) is 18.2 Å². The molecule has 1 aliphatic rings. The molecule has 6 nitrogen and oxygen atoms in total. The summed E-state index contributed by atoms with van der Waals surface area (Å²) in [4.78, 5) is 27.1. The number of nitrogens with one attached hydrogen (secondary N) is 2. The number of halogens is 1. The van der Waals surface area contributed by atoms with Crippen molar-refractivity contribution in [1.29, 1.82) is 0 Å². The Balaban J connectivity index is 1.48. The molecule has 3 N–H and O–H groups in total. The first-order valence-corrected chi connectivity index (χ1v) is 8.54. The number of amides is 1. The van der Waals surface area contributed by atoms with Crippen LogP contribution in [0.5, 0.6) is 5.75 Å². The Hall–Kier alpha value is -3.35. The van der Waals surface area contributed by atoms with Crippen LogP contribution in [0.4, 0.5) is 4.39 Å². The first kappa shape index (κ1) is 17.1. The molecule has 1 amide bonds. The molecular formula is C20H17FN2O4. The SMILES string of the molecule is O=C(O)C(Cc1c[nH]c2cc(F)ccc12)NC(=O)C1Cc2ccccc2O1. The first-order valence-electron chi connectivity index (χ1n) is 8.54. The van der Waals surface area contributed by atoms with E-state index in [0.717, 1.165) is 10.9 Å². The zero-order valence-electron chi connectivity index (χ0n) is 14.2. The fourth-order valence-corrected chi connectivity index (χ4v) is 3.34. The third-order valence-electron chi connectivity index (χ3n) is 4.71. The van der Waals surface area contributed by atoms with Crippen molar-refractivity contribution in [2.45, 2.75) is 25.0 Å². The van der Waals surface area contributed by atoms with Crippen molar-refractivity contribution in [1.82, 2.24) is 10.3 Å². The number of hydrogen-bond donors (Lipinski definition) is 3. The fraction of sp³-hybridized carbons (Fsp3) is 0.200. The Morgan fingerprint density at radius 1 is 1.30 bits per heavy atom. The number of carbonyl (C=O) groups excluding carboxylic acids is 1. The number of aromatic nitrogens is 1. The van der Waals surface area contributed by atoms with Crippen molar-refractivity contribution in [3.63, 3.8) is 0 Å². The van der Waals surface area contributed by atoms with Gasteiger partial charge in [-0.25, -0.2) is 9.18 Å². The minimum absolute atomic E-state index is 0.0758. The number of fused-ring (bicyclic) bond motifs is 2. The van der Waals surface area contributed by atoms with Crippen molar-refractivity contribution >= 4 is 22.8 Å². The van der Waals surface area contributed by atoms with E-state index < -0.39 is 24.0 Å². The number of H-pyrrole nitrogens is 1. The molecular weight excluding hydrogens is 351 g/mol. The number of carbonyl (C=O) groups is 2. The predicted octanol–water partition coefficient (Wildman–Crippen LogP) is 2.42. The Morgan fingerprint density at radius 3 is 2.89 bits per heavy atom. The molecule has 1 aromatic heterocycles. The summed E-state index contributed by atoms with van der Waals surface area (Å²) in [5, 5.41) is 12.8. The number of rotatable bonds is 5. The van der Waals surface area contributed by atoms with Crippen molar-refractivity contribution in [3.05, 3.63) is 65.6 Å². The van der Waals surface area contributed by atoms with Gasteiger partial charge in [0, 0.05) is 29.9 Å². The van der Waals surface area contributed by atoms with Crippen LogP contribution in [0.2, 0.25) is 0 Å². The van der Waals surface area contributed by atoms with E-state index in [9.17, 15) is 19.1 Å². The van der Waals surface area contributed by atoms with E-state index in [-0.39, 0.29) is 12.2 Å². The molecule has 3 aromatic rings. The van der Waals surface area contributed by atoms with Crippen molar-refractivity contribution in [2.75, 3.05) is 0 Å². The number of aromatic amines is 1. The second-order valence-corrected chi connectivity index (χ2v) is 6.53. The summed E-state index contributed by atoms with van der Waals surface area (Å²) >= 11 is 0. The molecule has 0 saturated carbocycles. The van der Waals surface area contributed by atoms with E-state index in [1.54, 1.807) is 18.3 Å². The number of ether oxygens (including phenoxy) is 1. The minimum Gasteiger partial charge on any atom is -0.480 e. The van der Waals surface area contributed by atoms with Gasteiger partial charge in [-0.05, 0) is 35.4 Å². The molecule has 0 radical (unpaired) electrons. The summed E-state index contributed by atoms with van der Waals surface area (Å²) in [5.74, 6) is -1.35. The Morgan fingerprint density at radius 2 is 2.11 bits per heavy atom. The van der Waals surface area contributed by atoms with Crippen LogP contribution < -0.4 is 10.1 Å². The average molecular weight is 368 g/mol. The average Bonchev–Trinajstić information content (AvgIpc) is 3.24. The zero-order valence-corrected chi connectivity index (χ0v) is 14.2. The normalized spacial score (nSPS) is 16.6. The maximum atomic E-state index is 13.3. The van der Waals surface area contributed by atoms with Crippen LogP contribution in [0.15, 0.2) is 48.7 Å². The molecule has 0 aliphatic carbocycles. The van der Waals surface area contributed by atoms with Gasteiger partial charge in [0.1, 0.15) is 17.6 Å². The highest BCUT2D eigenvalue weighted by atomic mass is 19.1. The van der Waals surface area contributed by atoms with Crippen LogP contribution in [0.25, 0.3) is 10.9 Å². The van der Waals surface area contributed by atoms with Gasteiger partial charge in [-0.15, -0.1) is 0 Å². The topological polar surface area (TPSA) is 91.4 Å². The zero-order chi connectivity index (χ0) is 19.0. The summed E-state index contributed by atoms with van der Waals surface area (Å²) in [6, 6.07) is 10.5. The van der Waals surface area contributed by atoms with E-state index in [4.69, 9.17) is 4.74 Å². The third kappa shape index (κ3) is 3.36. The number of carboxylic acids is 1. The maximum Gasteiger partial charge on any atom is 0.326 e. The quantitative estimate of drug-likeness (QED) is 0.645. The molecule has 1 aliphatic heterocycles. The van der Waals surface area contributed by atoms with Gasteiger partial charge >= 0.3 is 5.97 Å². The lowest BCUT2D eigenvalue weighted by molar-refractivity contribution is -0.142. The molecule has 0 spiro atoms. The lowest BCUT2D eigenvalue weighted by Crippen LogP contribution is -2.47. The van der Waals surface area contributed by atoms with Gasteiger partial charge in [0.2, 0.25) is 0 Å². The second-order valence-electron chi connectivity index (χ2n) is 6.53. The summed E-state index contributed by atoms with van der Waals surface area (Å²) < 4.78 is 18.9. The van der Waals surface area contributed by atoms with Crippen molar-refractivity contribution in [3.8, 4) is 5.75 Å². The summed E-state index contributed by atoms with van der Waals surface area (Å²) in [6.07, 6.45) is 1.36. The van der Waals surface area contributed by atoms with Crippen LogP contribution in [0.3, 0.4) is 0 Å². The molecule has 0 saturated heterocycles. The van der Waals surface area contributed by atoms with Gasteiger partial charge in [0.05, 0.1) is 0 Å². The Bertz CT molecular complexity index is 1000. The third-order valence-corrected chi connectivity index (χ3v) is 4.71. The Labute approximate surface area is 154 Å². The molecule has 4 rings (SSSR count). The molecule has 2 atom stereocenters. The highest BCUT2D eigenvalue weighted by Crippen LogP contribution is 2.28. The molecule has 2 aromatic carbocycles. The molecule has 138 valence electrons. The number of hydrogen-bond acceptors (Lipinski definition) is 3. The number of benzene rings is 2. The fourth-order valence-electron chi connectivity index (χ4n) is 3.34. The number of aliphatic carboxylic acids is 1. The summed E-state index contributed by atoms with van der Waals surface area (Å²) in [7, 11) is 0. The second kappa shape index (κ2) is 6.75. The molecule has 2 unspecified atom stereocenters. The van der Waals surface area contributed by atoms with E-state index in [1.165, 1.54) is 12.1 Å². The van der Waals surface area contributed by atoms with Gasteiger partial charge in [-0.2, -0.15) is 0 Å². The van der Waals surface area contributed by atoms with Crippen LogP contribution in [0.1, 0.15) is 11.1 Å². The number of carboxylic acid groups (broad SMARTS) is 1. The van der Waals surface area contributed by atoms with Gasteiger partial charge in [-0.1, -0.05) is 18.2 Å². The van der Waals surface area contributed by atoms with Gasteiger partial charge in [0.25, 0.3) is 5.91 Å². The maximum absolute atomic E-state index is 13.3. The van der Waals surface area contributed by atoms with E-state index in [0.29, 0.717) is 23.3 Å². The highest BCUT2D eigenvalue weighted by molar-refractivity contribution is 5.89. The predicted molar refractivity (Wildman–Crippen MR) is 96.1 cm³/mol. The molecule has 7 heteroatoms. The number of para-hydroxylation sites is 1. The molecule has 2 heterocycles. The Kier molecular flexibility index (Phi) is 4.27. The lowest BCUT2D eigenvalue weighted by atomic mass is 10.0. The highest BCUT2D eigenvalue weighted by Gasteiger charge is 2.32. The monoisotopic (exact) mass is 368 g/mol. The smallest absolute Gasteiger partial charge is 0.326 e. The van der Waals surface area contributed by atoms with Gasteiger partial charge < -0.3 is 20.1 Å². The summed E-state index contributed by atoms with van der Waals surface area (Å²) in [6.45, 7) is 0. The van der Waals surface area contributed by atoms with E-state index in [2.05, 4.69) is 10.3 Å². The molecule has 0 bridgehead atoms. The lowest BCUT2D eigenvalue weighted by Gasteiger charge is -2.17. The van der Waals surface area contributed by atoms with Gasteiger partial charge in [0.15, 0.2) is 6.10 Å². The van der Waals surface area contributed by atoms with E-state index >= 15 is 0 Å². The van der Waals surface area contributed by atoms with Crippen LogP contribution >= 0.6 is 0 Å². The van der Waals surface area contributed by atoms with Crippen LogP contribution in [0, 0.1) is 5.82 Å². The first-order chi connectivity index (χ1) is 13.0. The standard InChI is InChI=1S/C20H17FN2O4/c21-13-5-6-14-12(10-22-15(14)9-13)7-16(20(25)26)23-19(24)18-8-11-3-1-2-4-17(11)27-18/h1-6,9-10,16,18,22H,7-8H2,(H,23,24)(H,25,26). The van der Waals surface area contributed by atoms with Crippen molar-refractivity contribution < 1.29 is 23.8 Å². The largest absolute Gasteiger partial charge is 0.480 e.